The van der Waals surface area contributed by atoms with Gasteiger partial charge in [0.15, 0.2) is 5.82 Å². The fourth-order valence-electron chi connectivity index (χ4n) is 5.74. The Kier molecular flexibility index (Phi) is 7.37. The normalized spacial score (nSPS) is 15.1. The number of tetrazole rings is 1. The molecule has 37 heavy (non-hydrogen) atoms. The lowest BCUT2D eigenvalue weighted by atomic mass is 10.0. The van der Waals surface area contributed by atoms with Crippen LogP contribution in [-0.4, -0.2) is 37.2 Å². The molecule has 1 fully saturated rings. The third-order valence-electron chi connectivity index (χ3n) is 7.60. The zero-order chi connectivity index (χ0) is 25.9. The van der Waals surface area contributed by atoms with Crippen molar-refractivity contribution in [2.75, 3.05) is 7.11 Å². The predicted molar refractivity (Wildman–Crippen MR) is 145 cm³/mol. The van der Waals surface area contributed by atoms with E-state index in [2.05, 4.69) is 63.5 Å². The van der Waals surface area contributed by atoms with Crippen molar-refractivity contribution in [3.8, 4) is 5.75 Å². The molecule has 1 aliphatic carbocycles. The Hall–Kier alpha value is -3.52. The standard InChI is InChI=1S/C29H36N6O2/c1-5-26(28-31-32-33-35(28)24-8-6-7-9-24)34(17-21-10-12-25(37-4)13-11-21)18-23-16-22-15-19(2)14-20(3)27(22)30-29(23)36/h10-16,24,26H,5-9,17-18H2,1-4H3,(H,30,36). The predicted octanol–water partition coefficient (Wildman–Crippen LogP) is 5.41. The van der Waals surface area contributed by atoms with Crippen LogP contribution >= 0.6 is 0 Å². The molecule has 1 saturated carbocycles. The van der Waals surface area contributed by atoms with E-state index < -0.39 is 0 Å². The molecule has 1 aliphatic rings. The van der Waals surface area contributed by atoms with E-state index in [0.717, 1.165) is 58.4 Å². The van der Waals surface area contributed by atoms with Gasteiger partial charge in [0.05, 0.1) is 24.7 Å². The highest BCUT2D eigenvalue weighted by Crippen LogP contribution is 2.33. The molecule has 2 aromatic carbocycles. The van der Waals surface area contributed by atoms with Crippen LogP contribution < -0.4 is 10.3 Å². The van der Waals surface area contributed by atoms with Crippen molar-refractivity contribution in [3.05, 3.63) is 80.9 Å². The summed E-state index contributed by atoms with van der Waals surface area (Å²) in [5.74, 6) is 1.70. The van der Waals surface area contributed by atoms with Gasteiger partial charge in [-0.1, -0.05) is 43.5 Å². The largest absolute Gasteiger partial charge is 0.497 e. The van der Waals surface area contributed by atoms with Crippen molar-refractivity contribution >= 4 is 10.9 Å². The molecule has 8 heteroatoms. The second-order valence-electron chi connectivity index (χ2n) is 10.3. The third kappa shape index (κ3) is 5.30. The second-order valence-corrected chi connectivity index (χ2v) is 10.3. The number of methoxy groups -OCH3 is 1. The van der Waals surface area contributed by atoms with Crippen molar-refractivity contribution in [3.63, 3.8) is 0 Å². The minimum absolute atomic E-state index is 0.0351. The van der Waals surface area contributed by atoms with Crippen LogP contribution in [-0.2, 0) is 13.1 Å². The summed E-state index contributed by atoms with van der Waals surface area (Å²) in [6.07, 6.45) is 5.46. The van der Waals surface area contributed by atoms with Gasteiger partial charge in [-0.25, -0.2) is 4.68 Å². The lowest BCUT2D eigenvalue weighted by molar-refractivity contribution is 0.158. The van der Waals surface area contributed by atoms with Crippen LogP contribution in [0.1, 0.15) is 79.2 Å². The topological polar surface area (TPSA) is 88.9 Å². The van der Waals surface area contributed by atoms with Gasteiger partial charge in [-0.05, 0) is 84.3 Å². The van der Waals surface area contributed by atoms with Crippen LogP contribution in [0.25, 0.3) is 10.9 Å². The van der Waals surface area contributed by atoms with E-state index in [1.54, 1.807) is 7.11 Å². The highest BCUT2D eigenvalue weighted by atomic mass is 16.5. The fourth-order valence-corrected chi connectivity index (χ4v) is 5.74. The first-order valence-electron chi connectivity index (χ1n) is 13.2. The zero-order valence-corrected chi connectivity index (χ0v) is 22.2. The van der Waals surface area contributed by atoms with E-state index in [1.807, 2.05) is 29.8 Å². The number of H-pyrrole nitrogens is 1. The molecule has 1 unspecified atom stereocenters. The number of pyridine rings is 1. The average molecular weight is 501 g/mol. The van der Waals surface area contributed by atoms with Crippen molar-refractivity contribution in [2.24, 2.45) is 0 Å². The van der Waals surface area contributed by atoms with Gasteiger partial charge in [-0.15, -0.1) is 5.10 Å². The Morgan fingerprint density at radius 3 is 2.57 bits per heavy atom. The summed E-state index contributed by atoms with van der Waals surface area (Å²) >= 11 is 0. The lowest BCUT2D eigenvalue weighted by Crippen LogP contribution is -2.32. The Morgan fingerprint density at radius 2 is 1.86 bits per heavy atom. The van der Waals surface area contributed by atoms with E-state index in [-0.39, 0.29) is 11.6 Å². The number of nitrogens with one attached hydrogen (secondary N) is 1. The third-order valence-corrected chi connectivity index (χ3v) is 7.60. The van der Waals surface area contributed by atoms with E-state index in [9.17, 15) is 4.79 Å². The molecule has 0 aliphatic heterocycles. The molecule has 194 valence electrons. The number of hydrogen-bond donors (Lipinski definition) is 1. The summed E-state index contributed by atoms with van der Waals surface area (Å²) in [6, 6.07) is 14.7. The fraction of sp³-hybridized carbons (Fsp3) is 0.448. The number of aromatic amines is 1. The number of nitrogens with zero attached hydrogens (tertiary/aromatic N) is 5. The molecule has 2 heterocycles. The number of aryl methyl sites for hydroxylation is 2. The zero-order valence-electron chi connectivity index (χ0n) is 22.2. The van der Waals surface area contributed by atoms with Crippen LogP contribution in [0.15, 0.2) is 47.3 Å². The maximum Gasteiger partial charge on any atom is 0.252 e. The number of hydrogen-bond acceptors (Lipinski definition) is 6. The second kappa shape index (κ2) is 10.8. The molecule has 0 spiro atoms. The molecule has 4 aromatic rings. The Bertz CT molecular complexity index is 1420. The van der Waals surface area contributed by atoms with Crippen LogP contribution in [0.5, 0.6) is 5.75 Å². The van der Waals surface area contributed by atoms with Crippen LogP contribution in [0, 0.1) is 13.8 Å². The van der Waals surface area contributed by atoms with Gasteiger partial charge < -0.3 is 9.72 Å². The first kappa shape index (κ1) is 25.1. The number of fused-ring (bicyclic) bond motifs is 1. The molecule has 1 atom stereocenters. The molecule has 2 aromatic heterocycles. The quantitative estimate of drug-likeness (QED) is 0.331. The Balaban J connectivity index is 1.54. The highest BCUT2D eigenvalue weighted by Gasteiger charge is 2.29. The maximum atomic E-state index is 13.3. The Labute approximate surface area is 217 Å². The molecule has 8 nitrogen and oxygen atoms in total. The lowest BCUT2D eigenvalue weighted by Gasteiger charge is -2.31. The molecular formula is C29H36N6O2. The van der Waals surface area contributed by atoms with Crippen molar-refractivity contribution < 1.29 is 4.74 Å². The summed E-state index contributed by atoms with van der Waals surface area (Å²) < 4.78 is 7.40. The summed E-state index contributed by atoms with van der Waals surface area (Å²) in [7, 11) is 1.67. The van der Waals surface area contributed by atoms with E-state index in [0.29, 0.717) is 19.1 Å². The minimum atomic E-state index is -0.0515. The van der Waals surface area contributed by atoms with Crippen LogP contribution in [0.2, 0.25) is 0 Å². The first-order valence-corrected chi connectivity index (χ1v) is 13.2. The minimum Gasteiger partial charge on any atom is -0.497 e. The van der Waals surface area contributed by atoms with Crippen molar-refractivity contribution in [1.82, 2.24) is 30.1 Å². The smallest absolute Gasteiger partial charge is 0.252 e. The number of rotatable bonds is 9. The molecule has 0 bridgehead atoms. The van der Waals surface area contributed by atoms with E-state index in [4.69, 9.17) is 4.74 Å². The summed E-state index contributed by atoms with van der Waals surface area (Å²) in [6.45, 7) is 7.43. The van der Waals surface area contributed by atoms with Crippen LogP contribution in [0.3, 0.4) is 0 Å². The SMILES string of the molecule is CCC(c1nnnn1C1CCCC1)N(Cc1ccc(OC)cc1)Cc1cc2cc(C)cc(C)c2[nH]c1=O. The molecule has 1 N–H and O–H groups in total. The summed E-state index contributed by atoms with van der Waals surface area (Å²) in [4.78, 5) is 18.7. The molecular weight excluding hydrogens is 464 g/mol. The number of benzene rings is 2. The molecule has 5 rings (SSSR count). The summed E-state index contributed by atoms with van der Waals surface area (Å²) in [5, 5.41) is 14.1. The van der Waals surface area contributed by atoms with Crippen molar-refractivity contribution in [1.29, 1.82) is 0 Å². The number of aromatic nitrogens is 5. The Morgan fingerprint density at radius 1 is 1.11 bits per heavy atom. The molecule has 0 radical (unpaired) electrons. The number of ether oxygens (including phenoxy) is 1. The van der Waals surface area contributed by atoms with Gasteiger partial charge in [0.25, 0.3) is 5.56 Å². The van der Waals surface area contributed by atoms with Gasteiger partial charge in [-0.2, -0.15) is 0 Å². The van der Waals surface area contributed by atoms with Gasteiger partial charge in [0.1, 0.15) is 5.75 Å². The van der Waals surface area contributed by atoms with Crippen molar-refractivity contribution in [2.45, 2.75) is 78.0 Å². The monoisotopic (exact) mass is 500 g/mol. The summed E-state index contributed by atoms with van der Waals surface area (Å²) in [5.41, 5.74) is 4.99. The van der Waals surface area contributed by atoms with Gasteiger partial charge in [-0.3, -0.25) is 9.69 Å². The van der Waals surface area contributed by atoms with Gasteiger partial charge in [0.2, 0.25) is 0 Å². The highest BCUT2D eigenvalue weighted by molar-refractivity contribution is 5.82. The van der Waals surface area contributed by atoms with Crippen LogP contribution in [0.4, 0.5) is 0 Å². The van der Waals surface area contributed by atoms with Gasteiger partial charge in [0, 0.05) is 18.7 Å². The van der Waals surface area contributed by atoms with E-state index >= 15 is 0 Å². The van der Waals surface area contributed by atoms with Gasteiger partial charge >= 0.3 is 0 Å². The van der Waals surface area contributed by atoms with E-state index in [1.165, 1.54) is 18.4 Å². The molecule has 0 saturated heterocycles. The first-order chi connectivity index (χ1) is 18.0. The molecule has 0 amide bonds. The average Bonchev–Trinajstić information content (AvgIpc) is 3.58. The maximum absolute atomic E-state index is 13.3.